The average Bonchev–Trinajstić information content (AvgIpc) is 2.96. The Labute approximate surface area is 191 Å². The molecule has 154 valence electrons. The van der Waals surface area contributed by atoms with Gasteiger partial charge >= 0.3 is 0 Å². The maximum absolute atomic E-state index is 12.1. The minimum Gasteiger partial charge on any atom is -0.444 e. The molecule has 7 nitrogen and oxygen atoms in total. The highest BCUT2D eigenvalue weighted by Gasteiger charge is 2.08. The van der Waals surface area contributed by atoms with Crippen LogP contribution in [0, 0.1) is 13.8 Å². The van der Waals surface area contributed by atoms with Crippen molar-refractivity contribution in [1.29, 1.82) is 0 Å². The second-order valence-corrected chi connectivity index (χ2v) is 6.57. The number of hydrogen-bond donors (Lipinski definition) is 3. The van der Waals surface area contributed by atoms with Gasteiger partial charge in [0.05, 0.1) is 15.7 Å². The Morgan fingerprint density at radius 1 is 1.14 bits per heavy atom. The minimum atomic E-state index is -0.219. The van der Waals surface area contributed by atoms with Gasteiger partial charge in [-0.2, -0.15) is 0 Å². The molecule has 0 aliphatic rings. The number of carbonyl (C=O) groups excluding carboxylic acids is 1. The van der Waals surface area contributed by atoms with Crippen molar-refractivity contribution in [3.05, 3.63) is 51.2 Å². The van der Waals surface area contributed by atoms with Crippen LogP contribution in [-0.2, 0) is 6.54 Å². The second kappa shape index (κ2) is 12.1. The molecule has 2 rings (SSSR count). The Kier molecular flexibility index (Phi) is 10.6. The number of halogens is 3. The molecule has 10 heteroatoms. The minimum absolute atomic E-state index is 0. The Morgan fingerprint density at radius 3 is 2.46 bits per heavy atom. The van der Waals surface area contributed by atoms with Gasteiger partial charge in [0, 0.05) is 25.2 Å². The van der Waals surface area contributed by atoms with Gasteiger partial charge in [-0.1, -0.05) is 23.2 Å². The van der Waals surface area contributed by atoms with Crippen molar-refractivity contribution in [2.45, 2.75) is 27.3 Å². The van der Waals surface area contributed by atoms with Gasteiger partial charge < -0.3 is 20.4 Å². The lowest BCUT2D eigenvalue weighted by Crippen LogP contribution is -2.41. The normalized spacial score (nSPS) is 11.0. The number of guanidine groups is 1. The maximum atomic E-state index is 12.1. The fourth-order valence-corrected chi connectivity index (χ4v) is 2.49. The zero-order valence-corrected chi connectivity index (χ0v) is 19.8. The lowest BCUT2D eigenvalue weighted by molar-refractivity contribution is 0.0954. The molecule has 1 aromatic heterocycles. The van der Waals surface area contributed by atoms with E-state index in [0.717, 1.165) is 11.5 Å². The molecule has 0 saturated carbocycles. The zero-order chi connectivity index (χ0) is 19.8. The molecule has 0 fully saturated rings. The molecule has 2 aromatic rings. The summed E-state index contributed by atoms with van der Waals surface area (Å²) in [5.74, 6) is 1.76. The molecule has 1 amide bonds. The summed E-state index contributed by atoms with van der Waals surface area (Å²) in [5, 5.41) is 9.85. The van der Waals surface area contributed by atoms with Crippen molar-refractivity contribution < 1.29 is 9.21 Å². The van der Waals surface area contributed by atoms with Crippen LogP contribution in [0.1, 0.15) is 34.6 Å². The molecule has 0 spiro atoms. The molecular weight excluding hydrogens is 516 g/mol. The molecule has 0 atom stereocenters. The standard InChI is InChI=1S/C18H23Cl2N5O2.HI/c1-4-21-18(24-10-16-25-11(2)12(3)27-16)23-8-7-22-17(26)13-5-6-14(19)15(20)9-13;/h5-6,9H,4,7-8,10H2,1-3H3,(H,22,26)(H2,21,23,24);1H. The Morgan fingerprint density at radius 2 is 1.86 bits per heavy atom. The van der Waals surface area contributed by atoms with Gasteiger partial charge in [-0.3, -0.25) is 4.79 Å². The van der Waals surface area contributed by atoms with Crippen LogP contribution in [0.4, 0.5) is 0 Å². The number of aliphatic imine (C=N–C) groups is 1. The van der Waals surface area contributed by atoms with E-state index in [1.165, 1.54) is 0 Å². The first-order valence-corrected chi connectivity index (χ1v) is 9.34. The van der Waals surface area contributed by atoms with Crippen molar-refractivity contribution in [3.63, 3.8) is 0 Å². The monoisotopic (exact) mass is 539 g/mol. The van der Waals surface area contributed by atoms with Gasteiger partial charge in [-0.15, -0.1) is 24.0 Å². The van der Waals surface area contributed by atoms with E-state index < -0.39 is 0 Å². The van der Waals surface area contributed by atoms with E-state index in [-0.39, 0.29) is 29.9 Å². The summed E-state index contributed by atoms with van der Waals surface area (Å²) in [4.78, 5) is 20.8. The smallest absolute Gasteiger partial charge is 0.251 e. The van der Waals surface area contributed by atoms with Gasteiger partial charge in [0.2, 0.25) is 5.89 Å². The fourth-order valence-electron chi connectivity index (χ4n) is 2.19. The number of hydrogen-bond acceptors (Lipinski definition) is 4. The summed E-state index contributed by atoms with van der Waals surface area (Å²) in [7, 11) is 0. The van der Waals surface area contributed by atoms with E-state index >= 15 is 0 Å². The number of aromatic nitrogens is 1. The van der Waals surface area contributed by atoms with Gasteiger partial charge in [-0.25, -0.2) is 9.98 Å². The van der Waals surface area contributed by atoms with Crippen LogP contribution in [0.25, 0.3) is 0 Å². The van der Waals surface area contributed by atoms with Crippen molar-refractivity contribution in [3.8, 4) is 0 Å². The SMILES string of the molecule is CCNC(=NCc1nc(C)c(C)o1)NCCNC(=O)c1ccc(Cl)c(Cl)c1.I. The molecule has 0 aliphatic carbocycles. The highest BCUT2D eigenvalue weighted by molar-refractivity contribution is 14.0. The summed E-state index contributed by atoms with van der Waals surface area (Å²) < 4.78 is 5.52. The highest BCUT2D eigenvalue weighted by Crippen LogP contribution is 2.22. The van der Waals surface area contributed by atoms with E-state index in [1.54, 1.807) is 18.2 Å². The van der Waals surface area contributed by atoms with Crippen LogP contribution < -0.4 is 16.0 Å². The highest BCUT2D eigenvalue weighted by atomic mass is 127. The largest absolute Gasteiger partial charge is 0.444 e. The van der Waals surface area contributed by atoms with Crippen LogP contribution in [-0.4, -0.2) is 36.5 Å². The van der Waals surface area contributed by atoms with E-state index in [4.69, 9.17) is 27.6 Å². The molecule has 1 aromatic carbocycles. The zero-order valence-electron chi connectivity index (χ0n) is 15.9. The molecular formula is C18H24Cl2IN5O2. The van der Waals surface area contributed by atoms with Crippen LogP contribution >= 0.6 is 47.2 Å². The molecule has 0 radical (unpaired) electrons. The predicted molar refractivity (Wildman–Crippen MR) is 123 cm³/mol. The molecule has 28 heavy (non-hydrogen) atoms. The van der Waals surface area contributed by atoms with Gasteiger partial charge in [0.25, 0.3) is 5.91 Å². The Hall–Kier alpha value is -1.52. The Bertz CT molecular complexity index is 807. The number of benzene rings is 1. The van der Waals surface area contributed by atoms with Crippen LogP contribution in [0.5, 0.6) is 0 Å². The number of nitrogens with one attached hydrogen (secondary N) is 3. The van der Waals surface area contributed by atoms with Gasteiger partial charge in [0.1, 0.15) is 12.3 Å². The first kappa shape index (κ1) is 24.5. The third-order valence-corrected chi connectivity index (χ3v) is 4.41. The van der Waals surface area contributed by atoms with Crippen LogP contribution in [0.3, 0.4) is 0 Å². The van der Waals surface area contributed by atoms with Crippen molar-refractivity contribution in [1.82, 2.24) is 20.9 Å². The fraction of sp³-hybridized carbons (Fsp3) is 0.389. The lowest BCUT2D eigenvalue weighted by atomic mass is 10.2. The second-order valence-electron chi connectivity index (χ2n) is 5.76. The molecule has 0 saturated heterocycles. The third kappa shape index (κ3) is 7.48. The molecule has 0 aliphatic heterocycles. The number of aryl methyl sites for hydroxylation is 2. The first-order chi connectivity index (χ1) is 12.9. The number of carbonyl (C=O) groups is 1. The van der Waals surface area contributed by atoms with E-state index in [1.807, 2.05) is 20.8 Å². The van der Waals surface area contributed by atoms with E-state index in [9.17, 15) is 4.79 Å². The van der Waals surface area contributed by atoms with Crippen molar-refractivity contribution >= 4 is 59.0 Å². The quantitative estimate of drug-likeness (QED) is 0.216. The maximum Gasteiger partial charge on any atom is 0.251 e. The van der Waals surface area contributed by atoms with E-state index in [0.29, 0.717) is 53.6 Å². The molecule has 1 heterocycles. The van der Waals surface area contributed by atoms with Crippen LogP contribution in [0.2, 0.25) is 10.0 Å². The number of rotatable bonds is 7. The third-order valence-electron chi connectivity index (χ3n) is 3.67. The summed E-state index contributed by atoms with van der Waals surface area (Å²) >= 11 is 11.8. The number of amides is 1. The summed E-state index contributed by atoms with van der Waals surface area (Å²) in [6, 6.07) is 4.76. The Balaban J connectivity index is 0.00000392. The van der Waals surface area contributed by atoms with Gasteiger partial charge in [0.15, 0.2) is 5.96 Å². The number of nitrogens with zero attached hydrogens (tertiary/aromatic N) is 2. The molecule has 0 unspecified atom stereocenters. The van der Waals surface area contributed by atoms with E-state index in [2.05, 4.69) is 25.9 Å². The van der Waals surface area contributed by atoms with Crippen molar-refractivity contribution in [2.24, 2.45) is 4.99 Å². The summed E-state index contributed by atoms with van der Waals surface area (Å²) in [5.41, 5.74) is 1.32. The molecule has 0 bridgehead atoms. The predicted octanol–water partition coefficient (Wildman–Crippen LogP) is 3.70. The van der Waals surface area contributed by atoms with Gasteiger partial charge in [-0.05, 0) is 39.0 Å². The lowest BCUT2D eigenvalue weighted by Gasteiger charge is -2.11. The van der Waals surface area contributed by atoms with Crippen molar-refractivity contribution in [2.75, 3.05) is 19.6 Å². The first-order valence-electron chi connectivity index (χ1n) is 8.59. The topological polar surface area (TPSA) is 91.6 Å². The summed E-state index contributed by atoms with van der Waals surface area (Å²) in [6.45, 7) is 7.71. The molecule has 3 N–H and O–H groups in total. The average molecular weight is 540 g/mol. The van der Waals surface area contributed by atoms with Crippen LogP contribution in [0.15, 0.2) is 27.6 Å². The summed E-state index contributed by atoms with van der Waals surface area (Å²) in [6.07, 6.45) is 0. The number of oxazole rings is 1.